The number of carbonyl (C=O) groups is 1. The van der Waals surface area contributed by atoms with Gasteiger partial charge in [0.05, 0.1) is 13.2 Å². The van der Waals surface area contributed by atoms with E-state index >= 15 is 0 Å². The molecule has 0 aromatic heterocycles. The van der Waals surface area contributed by atoms with E-state index in [2.05, 4.69) is 16.6 Å². The average molecular weight is 419 g/mol. The first-order chi connectivity index (χ1) is 14.4. The number of fused-ring (bicyclic) bond motifs is 1. The fraction of sp³-hybridized carbons (Fsp3) is 0.550. The summed E-state index contributed by atoms with van der Waals surface area (Å²) in [5.74, 6) is -0.879. The molecule has 5 atom stereocenters. The van der Waals surface area contributed by atoms with E-state index in [4.69, 9.17) is 34.0 Å². The Morgan fingerprint density at radius 1 is 1.40 bits per heavy atom. The lowest BCUT2D eigenvalue weighted by atomic mass is 9.95. The summed E-state index contributed by atoms with van der Waals surface area (Å²) in [5.41, 5.74) is 10.0. The van der Waals surface area contributed by atoms with Crippen LogP contribution in [0.4, 0.5) is 4.79 Å². The van der Waals surface area contributed by atoms with E-state index in [9.17, 15) is 4.79 Å². The number of ether oxygens (including phenoxy) is 6. The molecule has 10 nitrogen and oxygen atoms in total. The summed E-state index contributed by atoms with van der Waals surface area (Å²) in [6.45, 7) is 7.42. The molecule has 0 unspecified atom stereocenters. The van der Waals surface area contributed by atoms with Gasteiger partial charge < -0.3 is 28.4 Å². The van der Waals surface area contributed by atoms with Crippen LogP contribution in [0.5, 0.6) is 0 Å². The van der Waals surface area contributed by atoms with Crippen molar-refractivity contribution in [2.24, 2.45) is 5.11 Å². The first-order valence-corrected chi connectivity index (χ1v) is 9.55. The smallest absolute Gasteiger partial charge is 0.430 e. The van der Waals surface area contributed by atoms with Crippen molar-refractivity contribution >= 4 is 6.16 Å². The Hall–Kier alpha value is -2.62. The highest BCUT2D eigenvalue weighted by atomic mass is 16.8. The highest BCUT2D eigenvalue weighted by molar-refractivity contribution is 5.60. The summed E-state index contributed by atoms with van der Waals surface area (Å²) < 4.78 is 33.8. The lowest BCUT2D eigenvalue weighted by Gasteiger charge is -2.49. The van der Waals surface area contributed by atoms with Crippen molar-refractivity contribution in [2.45, 2.75) is 56.9 Å². The maximum atomic E-state index is 12.0. The predicted molar refractivity (Wildman–Crippen MR) is 104 cm³/mol. The molecule has 2 aliphatic rings. The highest BCUT2D eigenvalue weighted by Crippen LogP contribution is 2.36. The molecule has 162 valence electrons. The second-order valence-corrected chi connectivity index (χ2v) is 7.26. The summed E-state index contributed by atoms with van der Waals surface area (Å²) in [6.07, 6.45) is -2.75. The lowest BCUT2D eigenvalue weighted by Crippen LogP contribution is -2.65. The summed E-state index contributed by atoms with van der Waals surface area (Å²) >= 11 is 0. The zero-order chi connectivity index (χ0) is 21.6. The number of nitrogens with zero attached hydrogens (tertiary/aromatic N) is 3. The Bertz CT molecular complexity index is 782. The number of hydrogen-bond donors (Lipinski definition) is 0. The molecular weight excluding hydrogens is 394 g/mol. The minimum atomic E-state index is -1.23. The normalized spacial score (nSPS) is 29.7. The number of benzene rings is 1. The van der Waals surface area contributed by atoms with Gasteiger partial charge in [-0.25, -0.2) is 4.79 Å². The Morgan fingerprint density at radius 2 is 2.17 bits per heavy atom. The minimum absolute atomic E-state index is 0.0296. The van der Waals surface area contributed by atoms with Gasteiger partial charge in [-0.05, 0) is 24.9 Å². The number of rotatable bonds is 7. The van der Waals surface area contributed by atoms with Crippen molar-refractivity contribution < 1.29 is 33.2 Å². The quantitative estimate of drug-likeness (QED) is 0.218. The maximum absolute atomic E-state index is 12.0. The zero-order valence-electron chi connectivity index (χ0n) is 16.9. The standard InChI is InChI=1S/C20H25N3O7/c1-4-10-25-19(24)29-18-15(22-23-21)17(26-11-13-8-6-5-7-9-13)16-14(28-18)12-27-20(2,3)30-16/h4-9,14-18H,1,10-12H2,2-3H3/t14-,15+,16-,17-,18+/m1/s1. The van der Waals surface area contributed by atoms with Crippen LogP contribution >= 0.6 is 0 Å². The fourth-order valence-electron chi connectivity index (χ4n) is 3.31. The highest BCUT2D eigenvalue weighted by Gasteiger charge is 2.53. The first kappa shape index (κ1) is 22.1. The van der Waals surface area contributed by atoms with Gasteiger partial charge >= 0.3 is 6.16 Å². The third-order valence-electron chi connectivity index (χ3n) is 4.63. The molecule has 0 bridgehead atoms. The minimum Gasteiger partial charge on any atom is -0.430 e. The molecule has 2 fully saturated rings. The van der Waals surface area contributed by atoms with Crippen molar-refractivity contribution in [2.75, 3.05) is 13.2 Å². The monoisotopic (exact) mass is 419 g/mol. The number of carbonyl (C=O) groups excluding carboxylic acids is 1. The molecule has 0 N–H and O–H groups in total. The second kappa shape index (κ2) is 9.92. The maximum Gasteiger partial charge on any atom is 0.510 e. The van der Waals surface area contributed by atoms with E-state index in [-0.39, 0.29) is 19.8 Å². The second-order valence-electron chi connectivity index (χ2n) is 7.26. The van der Waals surface area contributed by atoms with Gasteiger partial charge in [-0.3, -0.25) is 0 Å². The SMILES string of the molecule is C=CCOC(=O)O[C@@H]1O[C@@H]2COC(C)(C)O[C@H]2[C@H](OCc2ccccc2)[C@@H]1N=[N+]=[N-]. The third-order valence-corrected chi connectivity index (χ3v) is 4.63. The van der Waals surface area contributed by atoms with Gasteiger partial charge in [0.1, 0.15) is 31.0 Å². The summed E-state index contributed by atoms with van der Waals surface area (Å²) in [5, 5.41) is 3.79. The van der Waals surface area contributed by atoms with E-state index in [0.717, 1.165) is 5.56 Å². The van der Waals surface area contributed by atoms with Gasteiger partial charge in [0.25, 0.3) is 0 Å². The molecule has 0 radical (unpaired) electrons. The van der Waals surface area contributed by atoms with E-state index in [1.54, 1.807) is 13.8 Å². The van der Waals surface area contributed by atoms with E-state index in [1.807, 2.05) is 30.3 Å². The Kier molecular flexibility index (Phi) is 7.30. The van der Waals surface area contributed by atoms with Gasteiger partial charge in [-0.15, -0.1) is 0 Å². The molecule has 1 aromatic rings. The third kappa shape index (κ3) is 5.50. The predicted octanol–water partition coefficient (Wildman–Crippen LogP) is 3.47. The Balaban J connectivity index is 1.83. The van der Waals surface area contributed by atoms with Crippen LogP contribution in [0.2, 0.25) is 0 Å². The van der Waals surface area contributed by atoms with Crippen molar-refractivity contribution in [3.8, 4) is 0 Å². The average Bonchev–Trinajstić information content (AvgIpc) is 2.72. The van der Waals surface area contributed by atoms with Gasteiger partial charge in [0.2, 0.25) is 6.29 Å². The van der Waals surface area contributed by atoms with E-state index in [0.29, 0.717) is 0 Å². The number of azide groups is 1. The Labute approximate surface area is 174 Å². The molecular formula is C20H25N3O7. The van der Waals surface area contributed by atoms with Crippen LogP contribution in [-0.2, 0) is 35.0 Å². The first-order valence-electron chi connectivity index (χ1n) is 9.55. The topological polar surface area (TPSA) is 121 Å². The van der Waals surface area contributed by atoms with Gasteiger partial charge in [0.15, 0.2) is 5.79 Å². The van der Waals surface area contributed by atoms with Crippen LogP contribution in [-0.4, -0.2) is 55.8 Å². The van der Waals surface area contributed by atoms with Crippen LogP contribution < -0.4 is 0 Å². The molecule has 1 aromatic carbocycles. The summed E-state index contributed by atoms with van der Waals surface area (Å²) in [6, 6.07) is 8.52. The van der Waals surface area contributed by atoms with Gasteiger partial charge in [0, 0.05) is 4.91 Å². The van der Waals surface area contributed by atoms with Crippen molar-refractivity contribution in [1.29, 1.82) is 0 Å². The molecule has 2 saturated heterocycles. The van der Waals surface area contributed by atoms with Crippen molar-refractivity contribution in [3.63, 3.8) is 0 Å². The fourth-order valence-corrected chi connectivity index (χ4v) is 3.31. The van der Waals surface area contributed by atoms with E-state index < -0.39 is 42.6 Å². The number of hydrogen-bond acceptors (Lipinski definition) is 8. The molecule has 0 saturated carbocycles. The molecule has 2 aliphatic heterocycles. The largest absolute Gasteiger partial charge is 0.510 e. The summed E-state index contributed by atoms with van der Waals surface area (Å²) in [4.78, 5) is 14.8. The molecule has 30 heavy (non-hydrogen) atoms. The van der Waals surface area contributed by atoms with Crippen molar-refractivity contribution in [3.05, 3.63) is 59.0 Å². The van der Waals surface area contributed by atoms with Crippen molar-refractivity contribution in [1.82, 2.24) is 0 Å². The summed E-state index contributed by atoms with van der Waals surface area (Å²) in [7, 11) is 0. The Morgan fingerprint density at radius 3 is 2.87 bits per heavy atom. The van der Waals surface area contributed by atoms with Gasteiger partial charge in [-0.2, -0.15) is 0 Å². The molecule has 2 heterocycles. The van der Waals surface area contributed by atoms with Crippen LogP contribution in [0.15, 0.2) is 48.1 Å². The van der Waals surface area contributed by atoms with Crippen LogP contribution in [0.1, 0.15) is 19.4 Å². The lowest BCUT2D eigenvalue weighted by molar-refractivity contribution is -0.367. The molecule has 0 spiro atoms. The van der Waals surface area contributed by atoms with Crippen LogP contribution in [0.25, 0.3) is 10.4 Å². The molecule has 0 aliphatic carbocycles. The van der Waals surface area contributed by atoms with Gasteiger partial charge in [-0.1, -0.05) is 48.1 Å². The zero-order valence-corrected chi connectivity index (χ0v) is 16.9. The van der Waals surface area contributed by atoms with E-state index in [1.165, 1.54) is 6.08 Å². The molecule has 3 rings (SSSR count). The van der Waals surface area contributed by atoms with Crippen LogP contribution in [0.3, 0.4) is 0 Å². The molecule has 0 amide bonds. The molecule has 10 heteroatoms. The van der Waals surface area contributed by atoms with Crippen LogP contribution in [0, 0.1) is 0 Å².